The fraction of sp³-hybridized carbons (Fsp3) is 0.385. The van der Waals surface area contributed by atoms with Crippen LogP contribution in [0.1, 0.15) is 28.8 Å². The molecule has 2 amide bonds. The van der Waals surface area contributed by atoms with Gasteiger partial charge in [-0.25, -0.2) is 0 Å². The SMILES string of the molecule is NCCCC(=O)NCCc1cccc(C(N)=O)c1. The quantitative estimate of drug-likeness (QED) is 0.643. The molecule has 0 aromatic heterocycles. The normalized spacial score (nSPS) is 10.1. The first-order valence-electron chi connectivity index (χ1n) is 5.99. The summed E-state index contributed by atoms with van der Waals surface area (Å²) in [5, 5.41) is 2.80. The van der Waals surface area contributed by atoms with Crippen LogP contribution in [0.15, 0.2) is 24.3 Å². The Bertz CT molecular complexity index is 418. The molecule has 0 spiro atoms. The summed E-state index contributed by atoms with van der Waals surface area (Å²) in [5.41, 5.74) is 12.0. The zero-order valence-electron chi connectivity index (χ0n) is 10.3. The van der Waals surface area contributed by atoms with Gasteiger partial charge < -0.3 is 16.8 Å². The first-order valence-corrected chi connectivity index (χ1v) is 5.99. The summed E-state index contributed by atoms with van der Waals surface area (Å²) in [5.74, 6) is -0.435. The van der Waals surface area contributed by atoms with Crippen LogP contribution in [-0.2, 0) is 11.2 Å². The highest BCUT2D eigenvalue weighted by Crippen LogP contribution is 2.05. The number of carbonyl (C=O) groups is 2. The molecule has 18 heavy (non-hydrogen) atoms. The molecule has 5 heteroatoms. The predicted molar refractivity (Wildman–Crippen MR) is 70.0 cm³/mol. The number of amides is 2. The summed E-state index contributed by atoms with van der Waals surface area (Å²) >= 11 is 0. The lowest BCUT2D eigenvalue weighted by atomic mass is 10.1. The molecule has 1 rings (SSSR count). The average Bonchev–Trinajstić information content (AvgIpc) is 2.36. The van der Waals surface area contributed by atoms with Gasteiger partial charge in [-0.3, -0.25) is 9.59 Å². The van der Waals surface area contributed by atoms with E-state index in [1.165, 1.54) is 0 Å². The van der Waals surface area contributed by atoms with Crippen molar-refractivity contribution in [3.8, 4) is 0 Å². The second-order valence-electron chi connectivity index (χ2n) is 4.06. The van der Waals surface area contributed by atoms with E-state index in [4.69, 9.17) is 11.5 Å². The van der Waals surface area contributed by atoms with Crippen molar-refractivity contribution in [2.45, 2.75) is 19.3 Å². The molecule has 0 aliphatic rings. The van der Waals surface area contributed by atoms with E-state index in [1.807, 2.05) is 6.07 Å². The lowest BCUT2D eigenvalue weighted by Crippen LogP contribution is -2.26. The smallest absolute Gasteiger partial charge is 0.248 e. The van der Waals surface area contributed by atoms with E-state index in [0.29, 0.717) is 37.9 Å². The third kappa shape index (κ3) is 4.97. The lowest BCUT2D eigenvalue weighted by Gasteiger charge is -2.05. The maximum atomic E-state index is 11.3. The predicted octanol–water partition coefficient (Wildman–Crippen LogP) is 0.183. The van der Waals surface area contributed by atoms with Gasteiger partial charge in [-0.1, -0.05) is 12.1 Å². The van der Waals surface area contributed by atoms with E-state index in [9.17, 15) is 9.59 Å². The molecule has 0 heterocycles. The Morgan fingerprint density at radius 2 is 2.06 bits per heavy atom. The Morgan fingerprint density at radius 1 is 1.28 bits per heavy atom. The maximum Gasteiger partial charge on any atom is 0.248 e. The average molecular weight is 249 g/mol. The third-order valence-electron chi connectivity index (χ3n) is 2.56. The number of benzene rings is 1. The van der Waals surface area contributed by atoms with Crippen molar-refractivity contribution in [1.29, 1.82) is 0 Å². The van der Waals surface area contributed by atoms with Crippen molar-refractivity contribution < 1.29 is 9.59 Å². The largest absolute Gasteiger partial charge is 0.366 e. The van der Waals surface area contributed by atoms with Gasteiger partial charge in [0.2, 0.25) is 11.8 Å². The molecule has 5 N–H and O–H groups in total. The van der Waals surface area contributed by atoms with Gasteiger partial charge in [-0.15, -0.1) is 0 Å². The number of nitrogens with two attached hydrogens (primary N) is 2. The minimum Gasteiger partial charge on any atom is -0.366 e. The molecule has 1 aromatic rings. The Kier molecular flexibility index (Phi) is 5.87. The van der Waals surface area contributed by atoms with Gasteiger partial charge in [-0.05, 0) is 37.1 Å². The highest BCUT2D eigenvalue weighted by molar-refractivity contribution is 5.92. The van der Waals surface area contributed by atoms with Gasteiger partial charge in [0, 0.05) is 18.5 Å². The number of rotatable bonds is 7. The minimum absolute atomic E-state index is 0.00602. The number of hydrogen-bond acceptors (Lipinski definition) is 3. The standard InChI is InChI=1S/C13H19N3O2/c14-7-2-5-12(17)16-8-6-10-3-1-4-11(9-10)13(15)18/h1,3-4,9H,2,5-8,14H2,(H2,15,18)(H,16,17). The topological polar surface area (TPSA) is 98.2 Å². The fourth-order valence-corrected chi connectivity index (χ4v) is 1.58. The van der Waals surface area contributed by atoms with Crippen molar-refractivity contribution in [2.24, 2.45) is 11.5 Å². The molecule has 0 aliphatic heterocycles. The van der Waals surface area contributed by atoms with Gasteiger partial charge in [0.15, 0.2) is 0 Å². The summed E-state index contributed by atoms with van der Waals surface area (Å²) in [6.45, 7) is 1.07. The second-order valence-corrected chi connectivity index (χ2v) is 4.06. The Labute approximate surface area is 107 Å². The molecule has 0 saturated heterocycles. The first-order chi connectivity index (χ1) is 8.63. The minimum atomic E-state index is -0.441. The Morgan fingerprint density at radius 3 is 2.72 bits per heavy atom. The van der Waals surface area contributed by atoms with E-state index in [2.05, 4.69) is 5.32 Å². The molecular formula is C13H19N3O2. The van der Waals surface area contributed by atoms with Crippen LogP contribution >= 0.6 is 0 Å². The van der Waals surface area contributed by atoms with Crippen LogP contribution in [-0.4, -0.2) is 24.9 Å². The van der Waals surface area contributed by atoms with E-state index in [1.54, 1.807) is 18.2 Å². The van der Waals surface area contributed by atoms with Crippen LogP contribution in [0.5, 0.6) is 0 Å². The number of carbonyl (C=O) groups excluding carboxylic acids is 2. The van der Waals surface area contributed by atoms with Crippen molar-refractivity contribution in [2.75, 3.05) is 13.1 Å². The molecule has 0 unspecified atom stereocenters. The van der Waals surface area contributed by atoms with Gasteiger partial charge in [0.05, 0.1) is 0 Å². The molecule has 0 aliphatic carbocycles. The molecule has 0 saturated carbocycles. The Hall–Kier alpha value is -1.88. The van der Waals surface area contributed by atoms with Gasteiger partial charge >= 0.3 is 0 Å². The number of hydrogen-bond donors (Lipinski definition) is 3. The highest BCUT2D eigenvalue weighted by atomic mass is 16.1. The van der Waals surface area contributed by atoms with Crippen molar-refractivity contribution in [3.63, 3.8) is 0 Å². The molecule has 1 aromatic carbocycles. The monoisotopic (exact) mass is 249 g/mol. The van der Waals surface area contributed by atoms with Crippen molar-refractivity contribution in [1.82, 2.24) is 5.32 Å². The third-order valence-corrected chi connectivity index (χ3v) is 2.56. The van der Waals surface area contributed by atoms with Crippen LogP contribution in [0, 0.1) is 0 Å². The molecule has 0 fully saturated rings. The summed E-state index contributed by atoms with van der Waals surface area (Å²) in [4.78, 5) is 22.3. The zero-order valence-corrected chi connectivity index (χ0v) is 10.3. The molecule has 5 nitrogen and oxygen atoms in total. The van der Waals surface area contributed by atoms with Crippen molar-refractivity contribution >= 4 is 11.8 Å². The van der Waals surface area contributed by atoms with Crippen LogP contribution in [0.4, 0.5) is 0 Å². The highest BCUT2D eigenvalue weighted by Gasteiger charge is 2.02. The lowest BCUT2D eigenvalue weighted by molar-refractivity contribution is -0.121. The molecular weight excluding hydrogens is 230 g/mol. The molecule has 0 radical (unpaired) electrons. The molecule has 0 atom stereocenters. The van der Waals surface area contributed by atoms with Crippen LogP contribution in [0.25, 0.3) is 0 Å². The van der Waals surface area contributed by atoms with E-state index in [-0.39, 0.29) is 5.91 Å². The summed E-state index contributed by atoms with van der Waals surface area (Å²) in [6, 6.07) is 7.10. The van der Waals surface area contributed by atoms with E-state index >= 15 is 0 Å². The van der Waals surface area contributed by atoms with E-state index < -0.39 is 5.91 Å². The van der Waals surface area contributed by atoms with E-state index in [0.717, 1.165) is 5.56 Å². The second kappa shape index (κ2) is 7.45. The summed E-state index contributed by atoms with van der Waals surface area (Å²) in [6.07, 6.45) is 1.83. The van der Waals surface area contributed by atoms with Crippen LogP contribution in [0.3, 0.4) is 0 Å². The number of nitrogens with one attached hydrogen (secondary N) is 1. The fourth-order valence-electron chi connectivity index (χ4n) is 1.58. The Balaban J connectivity index is 2.37. The van der Waals surface area contributed by atoms with Gasteiger partial charge in [-0.2, -0.15) is 0 Å². The first kappa shape index (κ1) is 14.2. The summed E-state index contributed by atoms with van der Waals surface area (Å²) in [7, 11) is 0. The van der Waals surface area contributed by atoms with Crippen molar-refractivity contribution in [3.05, 3.63) is 35.4 Å². The van der Waals surface area contributed by atoms with Gasteiger partial charge in [0.25, 0.3) is 0 Å². The van der Waals surface area contributed by atoms with Crippen LogP contribution < -0.4 is 16.8 Å². The zero-order chi connectivity index (χ0) is 13.4. The van der Waals surface area contributed by atoms with Gasteiger partial charge in [0.1, 0.15) is 0 Å². The number of primary amides is 1. The van der Waals surface area contributed by atoms with Crippen LogP contribution in [0.2, 0.25) is 0 Å². The maximum absolute atomic E-state index is 11.3. The molecule has 98 valence electrons. The molecule has 0 bridgehead atoms. The summed E-state index contributed by atoms with van der Waals surface area (Å²) < 4.78 is 0.